The van der Waals surface area contributed by atoms with Gasteiger partial charge in [0.25, 0.3) is 6.29 Å². The van der Waals surface area contributed by atoms with Gasteiger partial charge in [0.15, 0.2) is 0 Å². The van der Waals surface area contributed by atoms with Gasteiger partial charge in [0.05, 0.1) is 11.0 Å². The molecule has 6 atom stereocenters. The van der Waals surface area contributed by atoms with Gasteiger partial charge in [-0.15, -0.1) is 0 Å². The summed E-state index contributed by atoms with van der Waals surface area (Å²) in [5.74, 6) is -0.897. The van der Waals surface area contributed by atoms with Crippen LogP contribution in [-0.2, 0) is 19.1 Å². The first-order valence-electron chi connectivity index (χ1n) is 9.63. The fourth-order valence-electron chi connectivity index (χ4n) is 5.97. The molecule has 0 amide bonds. The van der Waals surface area contributed by atoms with Crippen molar-refractivity contribution < 1.29 is 29.3 Å². The molecule has 4 bridgehead atoms. The highest BCUT2D eigenvalue weighted by molar-refractivity contribution is 5.82. The van der Waals surface area contributed by atoms with Crippen LogP contribution in [0.25, 0.3) is 0 Å². The first-order valence-corrected chi connectivity index (χ1v) is 9.63. The average Bonchev–Trinajstić information content (AvgIpc) is 2.58. The normalized spacial score (nSPS) is 39.9. The molecule has 6 heteroatoms. The Morgan fingerprint density at radius 2 is 1.92 bits per heavy atom. The van der Waals surface area contributed by atoms with Crippen LogP contribution in [0.3, 0.4) is 0 Å². The van der Waals surface area contributed by atoms with E-state index in [2.05, 4.69) is 13.5 Å². The third-order valence-electron chi connectivity index (χ3n) is 6.69. The lowest BCUT2D eigenvalue weighted by Crippen LogP contribution is -2.62. The second kappa shape index (κ2) is 6.64. The molecule has 0 aromatic carbocycles. The molecule has 4 saturated carbocycles. The molecule has 6 unspecified atom stereocenters. The second-order valence-electron chi connectivity index (χ2n) is 8.76. The largest absolute Gasteiger partial charge is 0.422 e. The summed E-state index contributed by atoms with van der Waals surface area (Å²) >= 11 is 0. The number of hydrogen-bond acceptors (Lipinski definition) is 6. The van der Waals surface area contributed by atoms with Crippen molar-refractivity contribution in [3.63, 3.8) is 0 Å². The number of esters is 2. The van der Waals surface area contributed by atoms with Gasteiger partial charge in [-0.05, 0) is 56.3 Å². The minimum Gasteiger partial charge on any atom is -0.422 e. The molecule has 0 saturated heterocycles. The van der Waals surface area contributed by atoms with E-state index >= 15 is 0 Å². The summed E-state index contributed by atoms with van der Waals surface area (Å²) < 4.78 is 10.6. The van der Waals surface area contributed by atoms with Gasteiger partial charge >= 0.3 is 11.9 Å². The molecule has 4 rings (SSSR count). The lowest BCUT2D eigenvalue weighted by Gasteiger charge is -2.64. The van der Waals surface area contributed by atoms with Crippen LogP contribution in [0, 0.1) is 16.7 Å². The van der Waals surface area contributed by atoms with Crippen LogP contribution in [0.4, 0.5) is 0 Å². The van der Waals surface area contributed by atoms with Crippen molar-refractivity contribution in [2.24, 2.45) is 16.7 Å². The molecule has 2 N–H and O–H groups in total. The molecule has 4 fully saturated rings. The van der Waals surface area contributed by atoms with Crippen molar-refractivity contribution >= 4 is 11.9 Å². The minimum atomic E-state index is -1.35. The van der Waals surface area contributed by atoms with E-state index in [4.69, 9.17) is 9.47 Å². The summed E-state index contributed by atoms with van der Waals surface area (Å²) in [6, 6.07) is 0. The lowest BCUT2D eigenvalue weighted by atomic mass is 9.42. The maximum absolute atomic E-state index is 13.1. The van der Waals surface area contributed by atoms with Gasteiger partial charge in [-0.25, -0.2) is 4.79 Å². The van der Waals surface area contributed by atoms with Crippen LogP contribution in [0.15, 0.2) is 12.7 Å². The van der Waals surface area contributed by atoms with Gasteiger partial charge in [0, 0.05) is 6.08 Å². The van der Waals surface area contributed by atoms with Crippen molar-refractivity contribution in [3.8, 4) is 0 Å². The Kier molecular flexibility index (Phi) is 4.95. The van der Waals surface area contributed by atoms with E-state index in [0.717, 1.165) is 31.8 Å². The standard InChI is InChI=1S/C20H30O6/c1-4-14(21)16(25-15(22)5-2)26-17(23)19-8-13-7-18(6-3,10-19)11-20(24,9-13)12-19/h5,13-14,16,21,24H,2,4,6-12H2,1,3H3. The van der Waals surface area contributed by atoms with Crippen LogP contribution in [-0.4, -0.2) is 40.1 Å². The summed E-state index contributed by atoms with van der Waals surface area (Å²) in [6.45, 7) is 7.16. The van der Waals surface area contributed by atoms with Crippen LogP contribution >= 0.6 is 0 Å². The summed E-state index contributed by atoms with van der Waals surface area (Å²) in [7, 11) is 0. The van der Waals surface area contributed by atoms with E-state index in [1.807, 2.05) is 0 Å². The molecule has 0 radical (unpaired) electrons. The molecule has 0 aliphatic heterocycles. The maximum Gasteiger partial charge on any atom is 0.333 e. The predicted octanol–water partition coefficient (Wildman–Crippen LogP) is 2.47. The maximum atomic E-state index is 13.1. The number of aliphatic hydroxyl groups is 2. The molecule has 4 aliphatic rings. The molecule has 146 valence electrons. The van der Waals surface area contributed by atoms with Crippen LogP contribution < -0.4 is 0 Å². The molecule has 0 spiro atoms. The van der Waals surface area contributed by atoms with E-state index < -0.39 is 35.3 Å². The fraction of sp³-hybridized carbons (Fsp3) is 0.800. The lowest BCUT2D eigenvalue weighted by molar-refractivity contribution is -0.239. The summed E-state index contributed by atoms with van der Waals surface area (Å²) in [5.41, 5.74) is -1.59. The van der Waals surface area contributed by atoms with Gasteiger partial charge in [0.2, 0.25) is 0 Å². The van der Waals surface area contributed by atoms with Crippen molar-refractivity contribution in [2.75, 3.05) is 0 Å². The third-order valence-corrected chi connectivity index (χ3v) is 6.69. The van der Waals surface area contributed by atoms with Crippen molar-refractivity contribution in [1.82, 2.24) is 0 Å². The molecule has 4 aliphatic carbocycles. The number of hydrogen-bond donors (Lipinski definition) is 2. The third kappa shape index (κ3) is 3.29. The highest BCUT2D eigenvalue weighted by Gasteiger charge is 2.65. The topological polar surface area (TPSA) is 93.1 Å². The molecule has 0 heterocycles. The van der Waals surface area contributed by atoms with Crippen molar-refractivity contribution in [1.29, 1.82) is 0 Å². The predicted molar refractivity (Wildman–Crippen MR) is 93.8 cm³/mol. The van der Waals surface area contributed by atoms with Gasteiger partial charge in [-0.3, -0.25) is 4.79 Å². The molecular formula is C20H30O6. The Morgan fingerprint density at radius 3 is 2.50 bits per heavy atom. The zero-order chi connectivity index (χ0) is 19.2. The zero-order valence-corrected chi connectivity index (χ0v) is 15.7. The van der Waals surface area contributed by atoms with E-state index in [1.54, 1.807) is 6.92 Å². The van der Waals surface area contributed by atoms with Crippen LogP contribution in [0.2, 0.25) is 0 Å². The average molecular weight is 366 g/mol. The SMILES string of the molecule is C=CC(=O)OC(OC(=O)C12CC3CC(O)(CC(CC)(C3)C1)C2)C(O)CC. The smallest absolute Gasteiger partial charge is 0.333 e. The zero-order valence-electron chi connectivity index (χ0n) is 15.7. The Labute approximate surface area is 154 Å². The van der Waals surface area contributed by atoms with Crippen LogP contribution in [0.1, 0.15) is 65.2 Å². The molecular weight excluding hydrogens is 336 g/mol. The number of rotatable bonds is 7. The Morgan fingerprint density at radius 1 is 1.19 bits per heavy atom. The Bertz CT molecular complexity index is 603. The fourth-order valence-corrected chi connectivity index (χ4v) is 5.97. The van der Waals surface area contributed by atoms with E-state index in [1.165, 1.54) is 0 Å². The highest BCUT2D eigenvalue weighted by atomic mass is 16.7. The summed E-state index contributed by atoms with van der Waals surface area (Å²) in [6.07, 6.45) is 4.05. The van der Waals surface area contributed by atoms with Gasteiger partial charge in [-0.2, -0.15) is 0 Å². The number of carbonyl (C=O) groups is 2. The van der Waals surface area contributed by atoms with E-state index in [0.29, 0.717) is 25.2 Å². The Hall–Kier alpha value is -1.40. The molecule has 0 aromatic heterocycles. The Balaban J connectivity index is 1.81. The first kappa shape index (κ1) is 19.4. The monoisotopic (exact) mass is 366 g/mol. The highest BCUT2D eigenvalue weighted by Crippen LogP contribution is 2.67. The molecule has 0 aromatic rings. The summed E-state index contributed by atoms with van der Waals surface area (Å²) in [5, 5.41) is 21.1. The second-order valence-corrected chi connectivity index (χ2v) is 8.76. The van der Waals surface area contributed by atoms with Gasteiger partial charge < -0.3 is 19.7 Å². The van der Waals surface area contributed by atoms with Crippen LogP contribution in [0.5, 0.6) is 0 Å². The molecule has 6 nitrogen and oxygen atoms in total. The van der Waals surface area contributed by atoms with Gasteiger partial charge in [0.1, 0.15) is 6.10 Å². The molecule has 26 heavy (non-hydrogen) atoms. The summed E-state index contributed by atoms with van der Waals surface area (Å²) in [4.78, 5) is 24.7. The van der Waals surface area contributed by atoms with E-state index in [9.17, 15) is 19.8 Å². The minimum absolute atomic E-state index is 0.0240. The number of carbonyl (C=O) groups excluding carboxylic acids is 2. The first-order chi connectivity index (χ1) is 12.2. The number of aliphatic hydroxyl groups excluding tert-OH is 1. The van der Waals surface area contributed by atoms with E-state index in [-0.39, 0.29) is 11.8 Å². The van der Waals surface area contributed by atoms with Crippen molar-refractivity contribution in [3.05, 3.63) is 12.7 Å². The van der Waals surface area contributed by atoms with Gasteiger partial charge in [-0.1, -0.05) is 26.8 Å². The van der Waals surface area contributed by atoms with Crippen molar-refractivity contribution in [2.45, 2.75) is 83.2 Å². The number of ether oxygens (including phenoxy) is 2. The quantitative estimate of drug-likeness (QED) is 0.408.